The lowest BCUT2D eigenvalue weighted by molar-refractivity contribution is -0.127. The molecule has 5 heteroatoms. The molecule has 5 nitrogen and oxygen atoms in total. The van der Waals surface area contributed by atoms with Crippen LogP contribution < -0.4 is 14.8 Å². The van der Waals surface area contributed by atoms with Gasteiger partial charge in [0.05, 0.1) is 13.7 Å². The molecule has 1 N–H and O–H groups in total. The number of ether oxygens (including phenoxy) is 3. The molecule has 0 saturated heterocycles. The van der Waals surface area contributed by atoms with Gasteiger partial charge in [-0.3, -0.25) is 4.79 Å². The monoisotopic (exact) mass is 405 g/mol. The number of benzene rings is 3. The smallest absolute Gasteiger partial charge is 0.246 e. The van der Waals surface area contributed by atoms with Crippen molar-refractivity contribution < 1.29 is 19.0 Å². The molecule has 3 aromatic rings. The molecule has 0 spiro atoms. The Morgan fingerprint density at radius 1 is 0.900 bits per heavy atom. The van der Waals surface area contributed by atoms with Gasteiger partial charge in [-0.15, -0.1) is 0 Å². The van der Waals surface area contributed by atoms with E-state index in [4.69, 9.17) is 14.2 Å². The van der Waals surface area contributed by atoms with Gasteiger partial charge in [-0.2, -0.15) is 0 Å². The van der Waals surface area contributed by atoms with E-state index in [9.17, 15) is 4.79 Å². The minimum Gasteiger partial charge on any atom is -0.493 e. The van der Waals surface area contributed by atoms with Crippen LogP contribution in [0.1, 0.15) is 29.7 Å². The summed E-state index contributed by atoms with van der Waals surface area (Å²) in [5.74, 6) is 1.15. The first kappa shape index (κ1) is 21.4. The topological polar surface area (TPSA) is 56.8 Å². The molecule has 3 rings (SSSR count). The number of rotatable bonds is 10. The number of carbonyl (C=O) groups is 1. The maximum absolute atomic E-state index is 12.4. The second kappa shape index (κ2) is 11.0. The molecule has 0 heterocycles. The summed E-state index contributed by atoms with van der Waals surface area (Å²) in [6.07, 6.45) is -0.302. The molecule has 156 valence electrons. The fourth-order valence-corrected chi connectivity index (χ4v) is 3.15. The van der Waals surface area contributed by atoms with Crippen molar-refractivity contribution in [2.45, 2.75) is 19.6 Å². The average Bonchev–Trinajstić information content (AvgIpc) is 2.80. The van der Waals surface area contributed by atoms with Crippen LogP contribution in [0.3, 0.4) is 0 Å². The third-order valence-corrected chi connectivity index (χ3v) is 4.60. The van der Waals surface area contributed by atoms with Crippen molar-refractivity contribution in [1.82, 2.24) is 5.32 Å². The van der Waals surface area contributed by atoms with Gasteiger partial charge in [0.15, 0.2) is 11.5 Å². The average molecular weight is 405 g/mol. The maximum atomic E-state index is 12.4. The molecule has 0 saturated carbocycles. The Kier molecular flexibility index (Phi) is 7.86. The van der Waals surface area contributed by atoms with E-state index in [1.54, 1.807) is 7.11 Å². The minimum absolute atomic E-state index is 0.0391. The number of methoxy groups -OCH3 is 1. The number of amides is 1. The second-order valence-corrected chi connectivity index (χ2v) is 6.71. The predicted octanol–water partition coefficient (Wildman–Crippen LogP) is 4.52. The SMILES string of the molecule is CCOc1ccc(CNC(=O)COC(c2ccccc2)c2ccccc2)cc1OC. The molecule has 0 aliphatic rings. The lowest BCUT2D eigenvalue weighted by Crippen LogP contribution is -2.28. The van der Waals surface area contributed by atoms with Crippen LogP contribution in [0, 0.1) is 0 Å². The molecule has 0 aliphatic carbocycles. The zero-order chi connectivity index (χ0) is 21.2. The lowest BCUT2D eigenvalue weighted by atomic mass is 10.0. The first-order chi connectivity index (χ1) is 14.7. The van der Waals surface area contributed by atoms with Crippen LogP contribution in [-0.4, -0.2) is 26.2 Å². The van der Waals surface area contributed by atoms with E-state index in [2.05, 4.69) is 5.32 Å². The van der Waals surface area contributed by atoms with E-state index < -0.39 is 0 Å². The van der Waals surface area contributed by atoms with E-state index in [1.165, 1.54) is 0 Å². The van der Waals surface area contributed by atoms with Crippen LogP contribution >= 0.6 is 0 Å². The highest BCUT2D eigenvalue weighted by molar-refractivity contribution is 5.77. The Morgan fingerprint density at radius 3 is 2.10 bits per heavy atom. The highest BCUT2D eigenvalue weighted by Gasteiger charge is 2.16. The molecular formula is C25H27NO4. The molecule has 0 aliphatic heterocycles. The van der Waals surface area contributed by atoms with Gasteiger partial charge in [0.2, 0.25) is 5.91 Å². The summed E-state index contributed by atoms with van der Waals surface area (Å²) < 4.78 is 16.9. The largest absolute Gasteiger partial charge is 0.493 e. The molecule has 0 fully saturated rings. The molecule has 3 aromatic carbocycles. The Balaban J connectivity index is 1.60. The van der Waals surface area contributed by atoms with Crippen LogP contribution in [0.4, 0.5) is 0 Å². The molecule has 0 bridgehead atoms. The maximum Gasteiger partial charge on any atom is 0.246 e. The number of hydrogen-bond acceptors (Lipinski definition) is 4. The predicted molar refractivity (Wildman–Crippen MR) is 117 cm³/mol. The first-order valence-corrected chi connectivity index (χ1v) is 9.99. The van der Waals surface area contributed by atoms with Gasteiger partial charge >= 0.3 is 0 Å². The van der Waals surface area contributed by atoms with Gasteiger partial charge in [0, 0.05) is 6.54 Å². The summed E-state index contributed by atoms with van der Waals surface area (Å²) in [4.78, 5) is 12.4. The Bertz CT molecular complexity index is 889. The van der Waals surface area contributed by atoms with Crippen LogP contribution in [0.15, 0.2) is 78.9 Å². The summed E-state index contributed by atoms with van der Waals surface area (Å²) in [6, 6.07) is 25.4. The van der Waals surface area contributed by atoms with Crippen molar-refractivity contribution >= 4 is 5.91 Å². The van der Waals surface area contributed by atoms with Crippen LogP contribution in [-0.2, 0) is 16.1 Å². The van der Waals surface area contributed by atoms with Crippen molar-refractivity contribution in [3.8, 4) is 11.5 Å². The minimum atomic E-state index is -0.302. The summed E-state index contributed by atoms with van der Waals surface area (Å²) in [5.41, 5.74) is 2.94. The highest BCUT2D eigenvalue weighted by atomic mass is 16.5. The summed E-state index contributed by atoms with van der Waals surface area (Å²) in [5, 5.41) is 2.90. The van der Waals surface area contributed by atoms with Crippen LogP contribution in [0.5, 0.6) is 11.5 Å². The Hall–Kier alpha value is -3.31. The van der Waals surface area contributed by atoms with Crippen molar-refractivity contribution in [3.63, 3.8) is 0 Å². The van der Waals surface area contributed by atoms with E-state index in [1.807, 2.05) is 85.8 Å². The van der Waals surface area contributed by atoms with Gasteiger partial charge in [0.25, 0.3) is 0 Å². The summed E-state index contributed by atoms with van der Waals surface area (Å²) in [7, 11) is 1.60. The fourth-order valence-electron chi connectivity index (χ4n) is 3.15. The van der Waals surface area contributed by atoms with Crippen molar-refractivity contribution in [2.75, 3.05) is 20.3 Å². The molecule has 0 atom stereocenters. The van der Waals surface area contributed by atoms with Crippen LogP contribution in [0.25, 0.3) is 0 Å². The van der Waals surface area contributed by atoms with E-state index in [0.29, 0.717) is 24.7 Å². The third kappa shape index (κ3) is 5.84. The molecular weight excluding hydrogens is 378 g/mol. The lowest BCUT2D eigenvalue weighted by Gasteiger charge is -2.19. The normalized spacial score (nSPS) is 10.6. The summed E-state index contributed by atoms with van der Waals surface area (Å²) >= 11 is 0. The number of hydrogen-bond donors (Lipinski definition) is 1. The molecule has 0 radical (unpaired) electrons. The van der Waals surface area contributed by atoms with Crippen molar-refractivity contribution in [2.24, 2.45) is 0 Å². The first-order valence-electron chi connectivity index (χ1n) is 9.99. The molecule has 0 aromatic heterocycles. The quantitative estimate of drug-likeness (QED) is 0.539. The highest BCUT2D eigenvalue weighted by Crippen LogP contribution is 2.28. The number of nitrogens with one attached hydrogen (secondary N) is 1. The van der Waals surface area contributed by atoms with Gasteiger partial charge in [-0.05, 0) is 35.7 Å². The van der Waals surface area contributed by atoms with Gasteiger partial charge < -0.3 is 19.5 Å². The Labute approximate surface area is 177 Å². The zero-order valence-electron chi connectivity index (χ0n) is 17.3. The third-order valence-electron chi connectivity index (χ3n) is 4.60. The standard InChI is InChI=1S/C25H27NO4/c1-3-29-22-15-14-19(16-23(22)28-2)17-26-24(27)18-30-25(20-10-6-4-7-11-20)21-12-8-5-9-13-21/h4-16,25H,3,17-18H2,1-2H3,(H,26,27). The Morgan fingerprint density at radius 2 is 1.53 bits per heavy atom. The molecule has 1 amide bonds. The van der Waals surface area contributed by atoms with Gasteiger partial charge in [-0.25, -0.2) is 0 Å². The van der Waals surface area contributed by atoms with E-state index in [0.717, 1.165) is 16.7 Å². The van der Waals surface area contributed by atoms with Crippen molar-refractivity contribution in [3.05, 3.63) is 95.6 Å². The van der Waals surface area contributed by atoms with Crippen molar-refractivity contribution in [1.29, 1.82) is 0 Å². The molecule has 30 heavy (non-hydrogen) atoms. The van der Waals surface area contributed by atoms with Crippen LogP contribution in [0.2, 0.25) is 0 Å². The van der Waals surface area contributed by atoms with Gasteiger partial charge in [-0.1, -0.05) is 66.7 Å². The fraction of sp³-hybridized carbons (Fsp3) is 0.240. The molecule has 0 unspecified atom stereocenters. The van der Waals surface area contributed by atoms with Gasteiger partial charge in [0.1, 0.15) is 12.7 Å². The number of carbonyl (C=O) groups excluding carboxylic acids is 1. The van der Waals surface area contributed by atoms with E-state index in [-0.39, 0.29) is 18.6 Å². The van der Waals surface area contributed by atoms with E-state index >= 15 is 0 Å². The summed E-state index contributed by atoms with van der Waals surface area (Å²) in [6.45, 7) is 2.83. The second-order valence-electron chi connectivity index (χ2n) is 6.71. The zero-order valence-corrected chi connectivity index (χ0v) is 17.3.